The van der Waals surface area contributed by atoms with Gasteiger partial charge in [0.2, 0.25) is 0 Å². The van der Waals surface area contributed by atoms with Crippen molar-refractivity contribution < 1.29 is 9.90 Å². The molecule has 0 radical (unpaired) electrons. The van der Waals surface area contributed by atoms with Crippen LogP contribution in [0.5, 0.6) is 0 Å². The highest BCUT2D eigenvalue weighted by Gasteiger charge is 2.16. The largest absolute Gasteiger partial charge is 0.465 e. The molecule has 1 aromatic rings. The van der Waals surface area contributed by atoms with E-state index in [0.29, 0.717) is 12.2 Å². The number of aryl methyl sites for hydroxylation is 2. The second kappa shape index (κ2) is 7.53. The first-order chi connectivity index (χ1) is 9.96. The minimum Gasteiger partial charge on any atom is -0.465 e. The van der Waals surface area contributed by atoms with Crippen molar-refractivity contribution >= 4 is 17.5 Å². The molecule has 0 unspecified atom stereocenters. The monoisotopic (exact) mass is 288 g/mol. The van der Waals surface area contributed by atoms with Crippen molar-refractivity contribution in [1.82, 2.24) is 0 Å². The van der Waals surface area contributed by atoms with Gasteiger partial charge in [-0.3, -0.25) is 4.90 Å². The minimum absolute atomic E-state index is 0.427. The third-order valence-electron chi connectivity index (χ3n) is 3.35. The third-order valence-corrected chi connectivity index (χ3v) is 3.35. The zero-order chi connectivity index (χ0) is 16.0. The van der Waals surface area contributed by atoms with Gasteiger partial charge in [-0.25, -0.2) is 4.79 Å². The van der Waals surface area contributed by atoms with Crippen LogP contribution in [0.3, 0.4) is 0 Å². The van der Waals surface area contributed by atoms with Crippen molar-refractivity contribution in [3.63, 3.8) is 0 Å². The lowest BCUT2D eigenvalue weighted by Gasteiger charge is -2.27. The first-order valence-electron chi connectivity index (χ1n) is 7.04. The van der Waals surface area contributed by atoms with E-state index in [1.807, 2.05) is 45.1 Å². The highest BCUT2D eigenvalue weighted by atomic mass is 16.4. The Morgan fingerprint density at radius 3 is 2.00 bits per heavy atom. The molecule has 0 saturated heterocycles. The quantitative estimate of drug-likeness (QED) is 0.772. The van der Waals surface area contributed by atoms with Crippen molar-refractivity contribution in [2.24, 2.45) is 0 Å². The number of rotatable bonds is 7. The molecular weight excluding hydrogens is 264 g/mol. The van der Waals surface area contributed by atoms with Crippen LogP contribution in [0, 0.1) is 13.8 Å². The Morgan fingerprint density at radius 1 is 1.19 bits per heavy atom. The molecule has 1 aromatic carbocycles. The average Bonchev–Trinajstić information content (AvgIpc) is 2.38. The second-order valence-corrected chi connectivity index (χ2v) is 4.94. The van der Waals surface area contributed by atoms with E-state index in [1.54, 1.807) is 0 Å². The molecular formula is C17H24N2O2. The van der Waals surface area contributed by atoms with Crippen LogP contribution in [-0.4, -0.2) is 30.8 Å². The number of carboxylic acid groups (broad SMARTS) is 1. The summed E-state index contributed by atoms with van der Waals surface area (Å²) in [5.74, 6) is 0. The second-order valence-electron chi connectivity index (χ2n) is 4.94. The zero-order valence-corrected chi connectivity index (χ0v) is 13.1. The molecule has 0 spiro atoms. The molecule has 0 aliphatic heterocycles. The molecule has 21 heavy (non-hydrogen) atoms. The predicted octanol–water partition coefficient (Wildman–Crippen LogP) is 3.99. The number of hydrogen-bond donors (Lipinski definition) is 1. The molecule has 0 bridgehead atoms. The summed E-state index contributed by atoms with van der Waals surface area (Å²) >= 11 is 0. The molecule has 4 heteroatoms. The summed E-state index contributed by atoms with van der Waals surface area (Å²) in [5.41, 5.74) is 3.92. The van der Waals surface area contributed by atoms with Crippen LogP contribution in [0.15, 0.2) is 37.4 Å². The normalized spacial score (nSPS) is 10.0. The zero-order valence-electron chi connectivity index (χ0n) is 13.1. The van der Waals surface area contributed by atoms with Crippen LogP contribution in [0.2, 0.25) is 0 Å². The van der Waals surface area contributed by atoms with Gasteiger partial charge in [0.15, 0.2) is 0 Å². The number of carbonyl (C=O) groups is 1. The molecule has 0 aliphatic carbocycles. The summed E-state index contributed by atoms with van der Waals surface area (Å²) in [6.45, 7) is 15.3. The van der Waals surface area contributed by atoms with Crippen molar-refractivity contribution in [3.05, 3.63) is 48.6 Å². The first-order valence-corrected chi connectivity index (χ1v) is 7.04. The van der Waals surface area contributed by atoms with Gasteiger partial charge in [-0.15, -0.1) is 13.2 Å². The van der Waals surface area contributed by atoms with Crippen LogP contribution >= 0.6 is 0 Å². The van der Waals surface area contributed by atoms with E-state index in [4.69, 9.17) is 0 Å². The van der Waals surface area contributed by atoms with Gasteiger partial charge >= 0.3 is 6.09 Å². The van der Waals surface area contributed by atoms with E-state index in [9.17, 15) is 9.90 Å². The van der Waals surface area contributed by atoms with Crippen LogP contribution in [0.4, 0.5) is 16.2 Å². The summed E-state index contributed by atoms with van der Waals surface area (Å²) in [6.07, 6.45) is 2.77. The highest BCUT2D eigenvalue weighted by molar-refractivity contribution is 5.87. The van der Waals surface area contributed by atoms with E-state index in [0.717, 1.165) is 29.9 Å². The van der Waals surface area contributed by atoms with Crippen molar-refractivity contribution in [3.8, 4) is 0 Å². The van der Waals surface area contributed by atoms with Crippen molar-refractivity contribution in [2.45, 2.75) is 20.8 Å². The SMILES string of the molecule is C=CCN(CC=C)c1c(C)cc(N(CC)C(=O)O)cc1C. The molecule has 0 aliphatic rings. The maximum absolute atomic E-state index is 11.3. The lowest BCUT2D eigenvalue weighted by Crippen LogP contribution is -2.29. The van der Waals surface area contributed by atoms with Gasteiger partial charge < -0.3 is 10.0 Å². The van der Waals surface area contributed by atoms with Crippen molar-refractivity contribution in [2.75, 3.05) is 29.4 Å². The van der Waals surface area contributed by atoms with Gasteiger partial charge in [0.25, 0.3) is 0 Å². The Hall–Kier alpha value is -2.23. The molecule has 4 nitrogen and oxygen atoms in total. The fourth-order valence-corrected chi connectivity index (χ4v) is 2.58. The minimum atomic E-state index is -0.932. The van der Waals surface area contributed by atoms with Crippen molar-refractivity contribution in [1.29, 1.82) is 0 Å². The molecule has 0 heterocycles. The lowest BCUT2D eigenvalue weighted by atomic mass is 10.1. The Kier molecular flexibility index (Phi) is 6.03. The Balaban J connectivity index is 3.28. The van der Waals surface area contributed by atoms with Crippen LogP contribution in [0.1, 0.15) is 18.1 Å². The van der Waals surface area contributed by atoms with Gasteiger partial charge in [0, 0.05) is 31.0 Å². The molecule has 1 rings (SSSR count). The van der Waals surface area contributed by atoms with E-state index in [2.05, 4.69) is 18.1 Å². The average molecular weight is 288 g/mol. The van der Waals surface area contributed by atoms with Crippen LogP contribution in [0.25, 0.3) is 0 Å². The third kappa shape index (κ3) is 3.88. The Bertz CT molecular complexity index is 505. The summed E-state index contributed by atoms with van der Waals surface area (Å²) in [7, 11) is 0. The molecule has 0 saturated carbocycles. The number of hydrogen-bond acceptors (Lipinski definition) is 2. The molecule has 0 atom stereocenters. The molecule has 114 valence electrons. The van der Waals surface area contributed by atoms with Gasteiger partial charge in [-0.1, -0.05) is 12.2 Å². The Labute approximate surface area is 127 Å². The van der Waals surface area contributed by atoms with E-state index < -0.39 is 6.09 Å². The summed E-state index contributed by atoms with van der Waals surface area (Å²) in [5, 5.41) is 9.24. The smallest absolute Gasteiger partial charge is 0.411 e. The van der Waals surface area contributed by atoms with E-state index in [-0.39, 0.29) is 0 Å². The van der Waals surface area contributed by atoms with Gasteiger partial charge in [-0.05, 0) is 44.0 Å². The topological polar surface area (TPSA) is 43.8 Å². The predicted molar refractivity (Wildman–Crippen MR) is 89.6 cm³/mol. The maximum Gasteiger partial charge on any atom is 0.411 e. The standard InChI is InChI=1S/C17H24N2O2/c1-6-9-18(10-7-2)16-13(4)11-15(12-14(16)5)19(8-3)17(20)21/h6-7,11-12H,1-2,8-10H2,3-5H3,(H,20,21). The molecule has 0 aromatic heterocycles. The fourth-order valence-electron chi connectivity index (χ4n) is 2.58. The molecule has 1 N–H and O–H groups in total. The van der Waals surface area contributed by atoms with Gasteiger partial charge in [0.1, 0.15) is 0 Å². The lowest BCUT2D eigenvalue weighted by molar-refractivity contribution is 0.202. The first kappa shape index (κ1) is 16.8. The van der Waals surface area contributed by atoms with Gasteiger partial charge in [0.05, 0.1) is 0 Å². The van der Waals surface area contributed by atoms with Crippen LogP contribution < -0.4 is 9.80 Å². The summed E-state index contributed by atoms with van der Waals surface area (Å²) in [6, 6.07) is 3.83. The number of benzene rings is 1. The molecule has 0 fully saturated rings. The molecule has 1 amide bonds. The number of nitrogens with zero attached hydrogens (tertiary/aromatic N) is 2. The maximum atomic E-state index is 11.3. The fraction of sp³-hybridized carbons (Fsp3) is 0.353. The van der Waals surface area contributed by atoms with Gasteiger partial charge in [-0.2, -0.15) is 0 Å². The van der Waals surface area contributed by atoms with Crippen LogP contribution in [-0.2, 0) is 0 Å². The van der Waals surface area contributed by atoms with E-state index >= 15 is 0 Å². The Morgan fingerprint density at radius 2 is 1.67 bits per heavy atom. The number of amides is 1. The summed E-state index contributed by atoms with van der Waals surface area (Å²) in [4.78, 5) is 14.8. The summed E-state index contributed by atoms with van der Waals surface area (Å²) < 4.78 is 0. The van der Waals surface area contributed by atoms with E-state index in [1.165, 1.54) is 4.90 Å². The highest BCUT2D eigenvalue weighted by Crippen LogP contribution is 2.30. The number of anilines is 2.